The lowest BCUT2D eigenvalue weighted by molar-refractivity contribution is -0.419. The topological polar surface area (TPSA) is 64.6 Å². The van der Waals surface area contributed by atoms with Crippen molar-refractivity contribution in [2.75, 3.05) is 7.11 Å². The molecule has 4 aliphatic carbocycles. The number of methoxy groups -OCH3 is 1. The maximum Gasteiger partial charge on any atom is 0.222 e. The molecular formula is C23H33NO4S2. The first-order valence-electron chi connectivity index (χ1n) is 11.4. The minimum atomic E-state index is -0.522. The fourth-order valence-corrected chi connectivity index (χ4v) is 10.3. The molecule has 6 aliphatic rings. The largest absolute Gasteiger partial charge is 0.353 e. The van der Waals surface area contributed by atoms with E-state index in [9.17, 15) is 9.59 Å². The third-order valence-corrected chi connectivity index (χ3v) is 11.2. The average molecular weight is 452 g/mol. The molecule has 2 aliphatic heterocycles. The molecule has 2 heterocycles. The quantitative estimate of drug-likeness (QED) is 0.634. The molecule has 2 saturated heterocycles. The number of hydrogen-bond acceptors (Lipinski definition) is 6. The molecule has 4 bridgehead atoms. The standard InChI is InChI=1S/C23H33NO4S2/c1-13(25)24-19(29)30-18-12-20(2)15(7-8-17(20)26)16-6-5-14-11-22(27-4)10-9-21(14,3)23(16,18)28-22/h14-16,18H,5-12H2,1-4H3,(H,24,25,29). The fourth-order valence-electron chi connectivity index (χ4n) is 8.28. The first kappa shape index (κ1) is 21.4. The Hall–Kier alpha value is -0.500. The van der Waals surface area contributed by atoms with Gasteiger partial charge in [0.2, 0.25) is 5.91 Å². The number of hydrogen-bond donors (Lipinski definition) is 1. The summed E-state index contributed by atoms with van der Waals surface area (Å²) in [7, 11) is 1.78. The molecule has 1 spiro atoms. The van der Waals surface area contributed by atoms with E-state index in [0.717, 1.165) is 38.5 Å². The summed E-state index contributed by atoms with van der Waals surface area (Å²) >= 11 is 7.13. The van der Waals surface area contributed by atoms with Crippen LogP contribution in [0.15, 0.2) is 0 Å². The highest BCUT2D eigenvalue weighted by Gasteiger charge is 2.77. The molecule has 1 N–H and O–H groups in total. The van der Waals surface area contributed by atoms with Crippen LogP contribution in [0.1, 0.15) is 72.1 Å². The van der Waals surface area contributed by atoms with Gasteiger partial charge in [-0.1, -0.05) is 37.8 Å². The van der Waals surface area contributed by atoms with Gasteiger partial charge in [-0.2, -0.15) is 0 Å². The summed E-state index contributed by atoms with van der Waals surface area (Å²) in [5.41, 5.74) is -0.639. The fraction of sp³-hybridized carbons (Fsp3) is 0.870. The van der Waals surface area contributed by atoms with E-state index in [1.807, 2.05) is 0 Å². The van der Waals surface area contributed by atoms with Crippen LogP contribution in [0.4, 0.5) is 0 Å². The normalized spacial score (nSPS) is 51.3. The van der Waals surface area contributed by atoms with Crippen molar-refractivity contribution < 1.29 is 19.1 Å². The summed E-state index contributed by atoms with van der Waals surface area (Å²) in [5.74, 6) is 0.985. The number of rotatable bonds is 2. The highest BCUT2D eigenvalue weighted by atomic mass is 32.2. The Labute approximate surface area is 188 Å². The number of fused-ring (bicyclic) bond motifs is 3. The lowest BCUT2D eigenvalue weighted by Gasteiger charge is -2.74. The lowest BCUT2D eigenvalue weighted by atomic mass is 9.40. The van der Waals surface area contributed by atoms with Crippen LogP contribution < -0.4 is 5.32 Å². The van der Waals surface area contributed by atoms with Crippen LogP contribution >= 0.6 is 24.0 Å². The third kappa shape index (κ3) is 2.58. The number of Topliss-reactive ketones (excluding diaryl/α,β-unsaturated/α-hetero) is 1. The van der Waals surface area contributed by atoms with E-state index < -0.39 is 5.79 Å². The second-order valence-electron chi connectivity index (χ2n) is 10.8. The molecule has 4 saturated carbocycles. The summed E-state index contributed by atoms with van der Waals surface area (Å²) in [6.45, 7) is 6.09. The molecule has 6 fully saturated rings. The Kier molecular flexibility index (Phi) is 4.81. The van der Waals surface area contributed by atoms with Crippen LogP contribution in [0.5, 0.6) is 0 Å². The van der Waals surface area contributed by atoms with E-state index >= 15 is 0 Å². The molecule has 7 heteroatoms. The number of ketones is 1. The van der Waals surface area contributed by atoms with E-state index in [1.165, 1.54) is 13.3 Å². The minimum Gasteiger partial charge on any atom is -0.353 e. The number of thioether (sulfide) groups is 1. The zero-order chi connectivity index (χ0) is 21.5. The van der Waals surface area contributed by atoms with Gasteiger partial charge in [-0.25, -0.2) is 0 Å². The Balaban J connectivity index is 1.63. The van der Waals surface area contributed by atoms with Crippen LogP contribution in [-0.2, 0) is 19.1 Å². The molecule has 0 aromatic carbocycles. The van der Waals surface area contributed by atoms with Gasteiger partial charge in [-0.05, 0) is 49.9 Å². The van der Waals surface area contributed by atoms with Gasteiger partial charge in [0.15, 0.2) is 5.79 Å². The molecule has 0 aromatic heterocycles. The molecule has 0 radical (unpaired) electrons. The Morgan fingerprint density at radius 3 is 2.67 bits per heavy atom. The summed E-state index contributed by atoms with van der Waals surface area (Å²) in [5, 5.41) is 2.84. The lowest BCUT2D eigenvalue weighted by Crippen LogP contribution is -2.78. The van der Waals surface area contributed by atoms with Crippen LogP contribution in [-0.4, -0.2) is 39.8 Å². The Morgan fingerprint density at radius 1 is 1.20 bits per heavy atom. The third-order valence-electron chi connectivity index (χ3n) is 9.72. The van der Waals surface area contributed by atoms with Crippen molar-refractivity contribution in [2.45, 2.75) is 88.8 Å². The van der Waals surface area contributed by atoms with E-state index in [-0.39, 0.29) is 27.6 Å². The van der Waals surface area contributed by atoms with Crippen molar-refractivity contribution in [1.29, 1.82) is 0 Å². The predicted molar refractivity (Wildman–Crippen MR) is 120 cm³/mol. The van der Waals surface area contributed by atoms with Crippen molar-refractivity contribution in [2.24, 2.45) is 28.6 Å². The van der Waals surface area contributed by atoms with Crippen LogP contribution in [0, 0.1) is 28.6 Å². The Bertz CT molecular complexity index is 819. The minimum absolute atomic E-state index is 0.0353. The van der Waals surface area contributed by atoms with Gasteiger partial charge < -0.3 is 14.8 Å². The maximum absolute atomic E-state index is 13.1. The highest BCUT2D eigenvalue weighted by Crippen LogP contribution is 2.75. The van der Waals surface area contributed by atoms with Crippen molar-refractivity contribution in [3.8, 4) is 0 Å². The monoisotopic (exact) mass is 451 g/mol. The van der Waals surface area contributed by atoms with Gasteiger partial charge in [0.05, 0.1) is 5.60 Å². The van der Waals surface area contributed by atoms with Gasteiger partial charge in [-0.3, -0.25) is 9.59 Å². The molecule has 166 valence electrons. The molecule has 8 atom stereocenters. The van der Waals surface area contributed by atoms with Gasteiger partial charge >= 0.3 is 0 Å². The maximum atomic E-state index is 13.1. The number of nitrogens with one attached hydrogen (secondary N) is 1. The average Bonchev–Trinajstić information content (AvgIpc) is 2.96. The molecule has 5 nitrogen and oxygen atoms in total. The first-order valence-corrected chi connectivity index (χ1v) is 12.7. The van der Waals surface area contributed by atoms with E-state index in [4.69, 9.17) is 21.7 Å². The second kappa shape index (κ2) is 6.75. The van der Waals surface area contributed by atoms with Gasteiger partial charge in [0.25, 0.3) is 0 Å². The van der Waals surface area contributed by atoms with Gasteiger partial charge in [0.1, 0.15) is 10.1 Å². The molecule has 6 rings (SSSR count). The van der Waals surface area contributed by atoms with Gasteiger partial charge in [-0.15, -0.1) is 0 Å². The van der Waals surface area contributed by atoms with Crippen LogP contribution in [0.2, 0.25) is 0 Å². The van der Waals surface area contributed by atoms with Crippen LogP contribution in [0.3, 0.4) is 0 Å². The van der Waals surface area contributed by atoms with E-state index in [0.29, 0.717) is 34.3 Å². The number of amides is 1. The van der Waals surface area contributed by atoms with Crippen LogP contribution in [0.25, 0.3) is 0 Å². The van der Waals surface area contributed by atoms with Crippen molar-refractivity contribution in [3.05, 3.63) is 0 Å². The second-order valence-corrected chi connectivity index (χ2v) is 12.7. The highest BCUT2D eigenvalue weighted by molar-refractivity contribution is 8.23. The predicted octanol–water partition coefficient (Wildman–Crippen LogP) is 4.23. The summed E-state index contributed by atoms with van der Waals surface area (Å²) < 4.78 is 13.7. The zero-order valence-electron chi connectivity index (χ0n) is 18.4. The van der Waals surface area contributed by atoms with Crippen molar-refractivity contribution in [1.82, 2.24) is 5.32 Å². The molecule has 1 amide bonds. The van der Waals surface area contributed by atoms with Crippen molar-refractivity contribution >= 4 is 40.0 Å². The summed E-state index contributed by atoms with van der Waals surface area (Å²) in [6.07, 6.45) is 7.69. The SMILES string of the molecule is COC12CCC3(C)C(CCC4C5CCC(=O)C5(C)CC(SC(=S)NC(C)=O)C43O1)C2. The first-order chi connectivity index (χ1) is 14.1. The number of ether oxygens (including phenoxy) is 2. The molecule has 30 heavy (non-hydrogen) atoms. The smallest absolute Gasteiger partial charge is 0.222 e. The van der Waals surface area contributed by atoms with E-state index in [1.54, 1.807) is 18.9 Å². The number of thiocarbonyl (C=S) groups is 1. The summed E-state index contributed by atoms with van der Waals surface area (Å²) in [6, 6.07) is 0. The van der Waals surface area contributed by atoms with E-state index in [2.05, 4.69) is 19.2 Å². The number of carbonyl (C=O) groups excluding carboxylic acids is 2. The van der Waals surface area contributed by atoms with Gasteiger partial charge in [0, 0.05) is 49.4 Å². The molecule has 8 unspecified atom stereocenters. The molecule has 0 aromatic rings. The Morgan fingerprint density at radius 2 is 1.97 bits per heavy atom. The molecular weight excluding hydrogens is 418 g/mol. The summed E-state index contributed by atoms with van der Waals surface area (Å²) in [4.78, 5) is 24.7. The van der Waals surface area contributed by atoms with Crippen molar-refractivity contribution in [3.63, 3.8) is 0 Å². The zero-order valence-corrected chi connectivity index (χ0v) is 20.0. The number of carbonyl (C=O) groups is 2.